The van der Waals surface area contributed by atoms with Crippen molar-refractivity contribution in [3.63, 3.8) is 0 Å². The third-order valence-electron chi connectivity index (χ3n) is 1.71. The second kappa shape index (κ2) is 4.23. The average molecular weight is 207 g/mol. The Labute approximate surface area is 87.1 Å². The van der Waals surface area contributed by atoms with Gasteiger partial charge in [0.05, 0.1) is 0 Å². The van der Waals surface area contributed by atoms with E-state index in [1.165, 1.54) is 0 Å². The van der Waals surface area contributed by atoms with Crippen LogP contribution < -0.4 is 23.6 Å². The first-order chi connectivity index (χ1) is 5.29. The molecule has 0 saturated heterocycles. The Bertz CT molecular complexity index is 269. The molecular formula is C5H8F2LiNO3S. The molecule has 0 aromatic rings. The average Bonchev–Trinajstić information content (AvgIpc) is 2.05. The molecule has 1 rings (SSSR count). The molecule has 0 aromatic heterocycles. The molecule has 0 heterocycles. The van der Waals surface area contributed by atoms with Gasteiger partial charge in [0.2, 0.25) is 5.92 Å². The van der Waals surface area contributed by atoms with E-state index in [2.05, 4.69) is 0 Å². The van der Waals surface area contributed by atoms with Crippen LogP contribution in [0, 0.1) is 0 Å². The summed E-state index contributed by atoms with van der Waals surface area (Å²) < 4.78 is 56.7. The van der Waals surface area contributed by atoms with Gasteiger partial charge in [-0.1, -0.05) is 0 Å². The van der Waals surface area contributed by atoms with Gasteiger partial charge < -0.3 is 4.55 Å². The van der Waals surface area contributed by atoms with Gasteiger partial charge in [0.15, 0.2) is 10.3 Å². The SMILES string of the molecule is O=S(=O)([O-])NC1CCC(F)(F)C1.[Li+]. The third kappa shape index (κ3) is 4.93. The van der Waals surface area contributed by atoms with Crippen molar-refractivity contribution in [2.75, 3.05) is 0 Å². The standard InChI is InChI=1S/C5H9F2NO3S.Li/c6-5(7)2-1-4(3-5)8-12(9,10)11;/h4,8H,1-3H2,(H,9,10,11);/q;+1/p-1. The van der Waals surface area contributed by atoms with Crippen LogP contribution in [0.3, 0.4) is 0 Å². The first kappa shape index (κ1) is 13.3. The van der Waals surface area contributed by atoms with Gasteiger partial charge in [-0.05, 0) is 6.42 Å². The Morgan fingerprint density at radius 1 is 1.46 bits per heavy atom. The van der Waals surface area contributed by atoms with Crippen molar-refractivity contribution in [1.82, 2.24) is 4.72 Å². The van der Waals surface area contributed by atoms with E-state index in [1.807, 2.05) is 0 Å². The summed E-state index contributed by atoms with van der Waals surface area (Å²) in [5, 5.41) is 0. The van der Waals surface area contributed by atoms with Crippen LogP contribution >= 0.6 is 0 Å². The van der Waals surface area contributed by atoms with Crippen molar-refractivity contribution in [2.45, 2.75) is 31.2 Å². The van der Waals surface area contributed by atoms with Crippen molar-refractivity contribution in [1.29, 1.82) is 0 Å². The molecule has 0 radical (unpaired) electrons. The third-order valence-corrected chi connectivity index (χ3v) is 2.34. The molecule has 1 unspecified atom stereocenters. The number of alkyl halides is 2. The molecule has 1 fully saturated rings. The molecule has 0 aromatic carbocycles. The fraction of sp³-hybridized carbons (Fsp3) is 1.00. The van der Waals surface area contributed by atoms with Crippen molar-refractivity contribution < 1.29 is 40.6 Å². The number of halogens is 2. The molecule has 72 valence electrons. The number of nitrogens with one attached hydrogen (secondary N) is 1. The molecule has 1 atom stereocenters. The van der Waals surface area contributed by atoms with Gasteiger partial charge in [-0.25, -0.2) is 21.9 Å². The van der Waals surface area contributed by atoms with E-state index < -0.39 is 28.7 Å². The van der Waals surface area contributed by atoms with Crippen LogP contribution in [0.1, 0.15) is 19.3 Å². The monoisotopic (exact) mass is 207 g/mol. The molecule has 1 N–H and O–H groups in total. The molecule has 0 bridgehead atoms. The minimum Gasteiger partial charge on any atom is -0.735 e. The summed E-state index contributed by atoms with van der Waals surface area (Å²) in [5.41, 5.74) is 0. The van der Waals surface area contributed by atoms with Crippen LogP contribution in [0.15, 0.2) is 0 Å². The van der Waals surface area contributed by atoms with E-state index in [9.17, 15) is 21.8 Å². The van der Waals surface area contributed by atoms with Crippen LogP contribution in [0.2, 0.25) is 0 Å². The Hall–Kier alpha value is 0.327. The van der Waals surface area contributed by atoms with E-state index in [1.54, 1.807) is 4.72 Å². The first-order valence-corrected chi connectivity index (χ1v) is 4.80. The zero-order chi connectivity index (χ0) is 9.41. The summed E-state index contributed by atoms with van der Waals surface area (Å²) in [6.07, 6.45) is -0.914. The minimum absolute atomic E-state index is 0. The van der Waals surface area contributed by atoms with Crippen LogP contribution in [-0.2, 0) is 10.3 Å². The largest absolute Gasteiger partial charge is 1.00 e. The van der Waals surface area contributed by atoms with E-state index in [0.717, 1.165) is 0 Å². The van der Waals surface area contributed by atoms with E-state index in [-0.39, 0.29) is 31.7 Å². The predicted molar refractivity (Wildman–Crippen MR) is 35.4 cm³/mol. The molecule has 1 saturated carbocycles. The topological polar surface area (TPSA) is 69.2 Å². The maximum absolute atomic E-state index is 12.4. The maximum atomic E-state index is 12.4. The number of rotatable bonds is 2. The Morgan fingerprint density at radius 2 is 2.00 bits per heavy atom. The fourth-order valence-corrected chi connectivity index (χ4v) is 1.86. The second-order valence-electron chi connectivity index (χ2n) is 2.87. The Balaban J connectivity index is 0.00000144. The first-order valence-electron chi connectivity index (χ1n) is 3.39. The van der Waals surface area contributed by atoms with Crippen LogP contribution in [0.25, 0.3) is 0 Å². The van der Waals surface area contributed by atoms with Gasteiger partial charge in [0.1, 0.15) is 0 Å². The molecule has 1 aliphatic carbocycles. The smallest absolute Gasteiger partial charge is 0.735 e. The zero-order valence-electron chi connectivity index (χ0n) is 7.09. The Kier molecular flexibility index (Phi) is 4.34. The summed E-state index contributed by atoms with van der Waals surface area (Å²) >= 11 is 0. The molecule has 0 amide bonds. The van der Waals surface area contributed by atoms with Gasteiger partial charge in [0, 0.05) is 18.9 Å². The van der Waals surface area contributed by atoms with Crippen molar-refractivity contribution in [3.05, 3.63) is 0 Å². The van der Waals surface area contributed by atoms with Crippen LogP contribution in [0.5, 0.6) is 0 Å². The minimum atomic E-state index is -4.59. The molecule has 0 spiro atoms. The van der Waals surface area contributed by atoms with Gasteiger partial charge in [-0.2, -0.15) is 0 Å². The van der Waals surface area contributed by atoms with Crippen molar-refractivity contribution in [3.8, 4) is 0 Å². The van der Waals surface area contributed by atoms with Gasteiger partial charge in [-0.3, -0.25) is 0 Å². The summed E-state index contributed by atoms with van der Waals surface area (Å²) in [6, 6.07) is -0.900. The van der Waals surface area contributed by atoms with Crippen LogP contribution in [-0.4, -0.2) is 24.9 Å². The predicted octanol–water partition coefficient (Wildman–Crippen LogP) is -2.77. The molecule has 13 heavy (non-hydrogen) atoms. The summed E-state index contributed by atoms with van der Waals surface area (Å²) in [7, 11) is -4.59. The molecule has 1 aliphatic rings. The summed E-state index contributed by atoms with van der Waals surface area (Å²) in [4.78, 5) is 0. The fourth-order valence-electron chi connectivity index (χ4n) is 1.25. The van der Waals surface area contributed by atoms with Gasteiger partial charge >= 0.3 is 18.9 Å². The van der Waals surface area contributed by atoms with E-state index in [4.69, 9.17) is 0 Å². The molecule has 0 aliphatic heterocycles. The van der Waals surface area contributed by atoms with E-state index in [0.29, 0.717) is 0 Å². The van der Waals surface area contributed by atoms with Crippen molar-refractivity contribution >= 4 is 10.3 Å². The zero-order valence-corrected chi connectivity index (χ0v) is 7.90. The van der Waals surface area contributed by atoms with Gasteiger partial charge in [0.25, 0.3) is 0 Å². The quantitative estimate of drug-likeness (QED) is 0.393. The number of hydrogen-bond acceptors (Lipinski definition) is 3. The second-order valence-corrected chi connectivity index (χ2v) is 4.01. The molecule has 8 heteroatoms. The summed E-state index contributed by atoms with van der Waals surface area (Å²) in [5.74, 6) is -2.83. The normalized spacial score (nSPS) is 26.8. The summed E-state index contributed by atoms with van der Waals surface area (Å²) in [6.45, 7) is 0. The van der Waals surface area contributed by atoms with E-state index >= 15 is 0 Å². The molecule has 4 nitrogen and oxygen atoms in total. The van der Waals surface area contributed by atoms with Gasteiger partial charge in [-0.15, -0.1) is 0 Å². The van der Waals surface area contributed by atoms with Crippen molar-refractivity contribution in [2.24, 2.45) is 0 Å². The number of hydrogen-bond donors (Lipinski definition) is 1. The maximum Gasteiger partial charge on any atom is 1.00 e. The van der Waals surface area contributed by atoms with Crippen LogP contribution in [0.4, 0.5) is 8.78 Å². The molecular weight excluding hydrogens is 199 g/mol. The Morgan fingerprint density at radius 3 is 2.31 bits per heavy atom.